The lowest BCUT2D eigenvalue weighted by molar-refractivity contribution is 0.368. The summed E-state index contributed by atoms with van der Waals surface area (Å²) in [5.74, 6) is 0.360. The Kier molecular flexibility index (Phi) is 4.90. The van der Waals surface area contributed by atoms with E-state index in [1.165, 1.54) is 0 Å². The number of H-pyrrole nitrogens is 1. The molecule has 138 valence electrons. The molecule has 1 fully saturated rings. The molecule has 0 aromatic carbocycles. The summed E-state index contributed by atoms with van der Waals surface area (Å²) in [6.07, 6.45) is 5.03. The van der Waals surface area contributed by atoms with E-state index in [1.54, 1.807) is 27.0 Å². The van der Waals surface area contributed by atoms with Crippen LogP contribution in [0.3, 0.4) is 0 Å². The van der Waals surface area contributed by atoms with Gasteiger partial charge in [0.15, 0.2) is 0 Å². The van der Waals surface area contributed by atoms with Crippen molar-refractivity contribution in [3.05, 3.63) is 29.6 Å². The number of sulfonamides is 1. The highest BCUT2D eigenvalue weighted by Crippen LogP contribution is 2.34. The average molecular weight is 367 g/mol. The number of aromatic nitrogens is 2. The highest BCUT2D eigenvalue weighted by molar-refractivity contribution is 7.90. The molecule has 5 nitrogen and oxygen atoms in total. The Balaban J connectivity index is 1.66. The Morgan fingerprint density at radius 2 is 1.92 bits per heavy atom. The number of pyridine rings is 1. The Bertz CT molecular complexity index is 847. The third-order valence-corrected chi connectivity index (χ3v) is 7.25. The summed E-state index contributed by atoms with van der Waals surface area (Å²) in [7, 11) is -3.31. The van der Waals surface area contributed by atoms with E-state index >= 15 is 0 Å². The summed E-state index contributed by atoms with van der Waals surface area (Å²) in [4.78, 5) is 7.60. The summed E-state index contributed by atoms with van der Waals surface area (Å²) in [5, 5.41) is 0.931. The third-order valence-electron chi connectivity index (χ3n) is 5.00. The van der Waals surface area contributed by atoms with E-state index in [9.17, 15) is 12.8 Å². The molecule has 1 aliphatic carbocycles. The largest absolute Gasteiger partial charge is 0.343 e. The lowest BCUT2D eigenvalue weighted by Gasteiger charge is -2.31. The number of fused-ring (bicyclic) bond motifs is 1. The molecule has 0 amide bonds. The molecule has 0 bridgehead atoms. The minimum atomic E-state index is -3.31. The second-order valence-electron chi connectivity index (χ2n) is 7.92. The van der Waals surface area contributed by atoms with Crippen LogP contribution in [0.1, 0.15) is 63.6 Å². The maximum Gasteiger partial charge on any atom is 0.216 e. The molecule has 0 saturated heterocycles. The number of rotatable bonds is 4. The summed E-state index contributed by atoms with van der Waals surface area (Å²) >= 11 is 0. The number of alkyl halides is 1. The number of nitrogens with zero attached hydrogens (tertiary/aromatic N) is 1. The zero-order valence-corrected chi connectivity index (χ0v) is 15.8. The Morgan fingerprint density at radius 3 is 2.52 bits per heavy atom. The van der Waals surface area contributed by atoms with Crippen LogP contribution in [0, 0.1) is 0 Å². The molecular weight excluding hydrogens is 341 g/mol. The van der Waals surface area contributed by atoms with Crippen molar-refractivity contribution in [1.29, 1.82) is 0 Å². The van der Waals surface area contributed by atoms with Gasteiger partial charge in [0.2, 0.25) is 10.0 Å². The van der Waals surface area contributed by atoms with Gasteiger partial charge in [-0.15, -0.1) is 0 Å². The van der Waals surface area contributed by atoms with Gasteiger partial charge >= 0.3 is 0 Å². The van der Waals surface area contributed by atoms with E-state index in [4.69, 9.17) is 0 Å². The highest BCUT2D eigenvalue weighted by Gasteiger charge is 2.33. The topological polar surface area (TPSA) is 74.8 Å². The van der Waals surface area contributed by atoms with Gasteiger partial charge in [-0.1, -0.05) is 0 Å². The van der Waals surface area contributed by atoms with Gasteiger partial charge in [0, 0.05) is 28.9 Å². The molecule has 25 heavy (non-hydrogen) atoms. The molecule has 0 spiro atoms. The van der Waals surface area contributed by atoms with Crippen LogP contribution in [0.15, 0.2) is 18.3 Å². The standard InChI is InChI=1S/C18H26FN3O2S/c1-18(2,3)25(23,24)22-15-6-4-13(5-7-15)16-9-14-8-12(10-19)11-20-17(14)21-16/h8-9,11,13,15,22H,4-7,10H2,1-3H3,(H,20,21). The fraction of sp³-hybridized carbons (Fsp3) is 0.611. The van der Waals surface area contributed by atoms with E-state index in [-0.39, 0.29) is 6.04 Å². The van der Waals surface area contributed by atoms with Gasteiger partial charge in [0.05, 0.1) is 4.75 Å². The van der Waals surface area contributed by atoms with Crippen molar-refractivity contribution < 1.29 is 12.8 Å². The monoisotopic (exact) mass is 367 g/mol. The third kappa shape index (κ3) is 3.87. The van der Waals surface area contributed by atoms with Crippen molar-refractivity contribution in [2.24, 2.45) is 0 Å². The van der Waals surface area contributed by atoms with Crippen molar-refractivity contribution in [3.8, 4) is 0 Å². The van der Waals surface area contributed by atoms with Gasteiger partial charge in [-0.25, -0.2) is 22.5 Å². The molecule has 2 N–H and O–H groups in total. The fourth-order valence-electron chi connectivity index (χ4n) is 3.29. The lowest BCUT2D eigenvalue weighted by Crippen LogP contribution is -2.45. The molecule has 0 unspecified atom stereocenters. The van der Waals surface area contributed by atoms with E-state index < -0.39 is 21.4 Å². The molecule has 0 aliphatic heterocycles. The molecule has 1 saturated carbocycles. The molecule has 2 aromatic heterocycles. The first-order valence-corrected chi connectivity index (χ1v) is 10.2. The number of aromatic amines is 1. The van der Waals surface area contributed by atoms with Gasteiger partial charge in [-0.2, -0.15) is 0 Å². The predicted molar refractivity (Wildman–Crippen MR) is 97.7 cm³/mol. The summed E-state index contributed by atoms with van der Waals surface area (Å²) in [6, 6.07) is 3.87. The predicted octanol–water partition coefficient (Wildman–Crippen LogP) is 3.78. The molecule has 2 heterocycles. The van der Waals surface area contributed by atoms with Crippen LogP contribution >= 0.6 is 0 Å². The zero-order chi connectivity index (χ0) is 18.2. The van der Waals surface area contributed by atoms with Crippen LogP contribution in [-0.4, -0.2) is 29.2 Å². The molecule has 3 rings (SSSR count). The summed E-state index contributed by atoms with van der Waals surface area (Å²) < 4.78 is 39.4. The van der Waals surface area contributed by atoms with Crippen LogP contribution in [0.25, 0.3) is 11.0 Å². The smallest absolute Gasteiger partial charge is 0.216 e. The van der Waals surface area contributed by atoms with Crippen LogP contribution in [-0.2, 0) is 16.7 Å². The average Bonchev–Trinajstić information content (AvgIpc) is 2.97. The fourth-order valence-corrected chi connectivity index (χ4v) is 4.32. The van der Waals surface area contributed by atoms with E-state index in [2.05, 4.69) is 14.7 Å². The quantitative estimate of drug-likeness (QED) is 0.864. The minimum Gasteiger partial charge on any atom is -0.343 e. The highest BCUT2D eigenvalue weighted by atomic mass is 32.2. The maximum absolute atomic E-state index is 12.8. The molecular formula is C18H26FN3O2S. The van der Waals surface area contributed by atoms with Crippen molar-refractivity contribution >= 4 is 21.1 Å². The van der Waals surface area contributed by atoms with Gasteiger partial charge in [-0.3, -0.25) is 0 Å². The van der Waals surface area contributed by atoms with Gasteiger partial charge < -0.3 is 4.98 Å². The lowest BCUT2D eigenvalue weighted by atomic mass is 9.84. The Morgan fingerprint density at radius 1 is 1.24 bits per heavy atom. The number of hydrogen-bond acceptors (Lipinski definition) is 3. The maximum atomic E-state index is 12.8. The molecule has 1 aliphatic rings. The normalized spacial score (nSPS) is 22.4. The van der Waals surface area contributed by atoms with E-state index in [0.29, 0.717) is 11.5 Å². The Hall–Kier alpha value is -1.47. The zero-order valence-electron chi connectivity index (χ0n) is 15.0. The molecule has 0 radical (unpaired) electrons. The number of hydrogen-bond donors (Lipinski definition) is 2. The minimum absolute atomic E-state index is 0.00104. The first kappa shape index (κ1) is 18.3. The summed E-state index contributed by atoms with van der Waals surface area (Å²) in [5.41, 5.74) is 2.47. The van der Waals surface area contributed by atoms with Crippen molar-refractivity contribution in [2.45, 2.75) is 69.8 Å². The second kappa shape index (κ2) is 6.68. The van der Waals surface area contributed by atoms with E-state index in [0.717, 1.165) is 42.4 Å². The van der Waals surface area contributed by atoms with Gasteiger partial charge in [0.25, 0.3) is 0 Å². The van der Waals surface area contributed by atoms with Crippen molar-refractivity contribution in [3.63, 3.8) is 0 Å². The van der Waals surface area contributed by atoms with Crippen molar-refractivity contribution in [1.82, 2.24) is 14.7 Å². The second-order valence-corrected chi connectivity index (χ2v) is 10.4. The number of nitrogens with one attached hydrogen (secondary N) is 2. The first-order valence-electron chi connectivity index (χ1n) is 8.75. The van der Waals surface area contributed by atoms with E-state index in [1.807, 2.05) is 12.1 Å². The van der Waals surface area contributed by atoms with Gasteiger partial charge in [0.1, 0.15) is 12.3 Å². The van der Waals surface area contributed by atoms with Crippen LogP contribution < -0.4 is 4.72 Å². The van der Waals surface area contributed by atoms with Crippen LogP contribution in [0.5, 0.6) is 0 Å². The SMILES string of the molecule is CC(C)(C)S(=O)(=O)NC1CCC(c2cc3cc(CF)cnc3[nH]2)CC1. The van der Waals surface area contributed by atoms with Crippen LogP contribution in [0.2, 0.25) is 0 Å². The van der Waals surface area contributed by atoms with Crippen LogP contribution in [0.4, 0.5) is 4.39 Å². The van der Waals surface area contributed by atoms with Crippen molar-refractivity contribution in [2.75, 3.05) is 0 Å². The number of halogens is 1. The van der Waals surface area contributed by atoms with Gasteiger partial charge in [-0.05, 0) is 64.5 Å². The summed E-state index contributed by atoms with van der Waals surface area (Å²) in [6.45, 7) is 4.63. The molecule has 7 heteroatoms. The molecule has 2 aromatic rings. The molecule has 0 atom stereocenters. The first-order chi connectivity index (χ1) is 11.7. The Labute approximate surface area is 148 Å².